The summed E-state index contributed by atoms with van der Waals surface area (Å²) in [7, 11) is 4.14. The summed E-state index contributed by atoms with van der Waals surface area (Å²) in [5, 5.41) is 0. The minimum Gasteiger partial charge on any atom is -0.381 e. The van der Waals surface area contributed by atoms with Crippen LogP contribution in [-0.4, -0.2) is 42.5 Å². The zero-order chi connectivity index (χ0) is 10.2. The molecule has 76 valence electrons. The predicted molar refractivity (Wildman–Crippen MR) is 57.6 cm³/mol. The van der Waals surface area contributed by atoms with Crippen LogP contribution in [0.2, 0.25) is 0 Å². The lowest BCUT2D eigenvalue weighted by atomic mass is 9.90. The predicted octanol–water partition coefficient (Wildman–Crippen LogP) is 1.79. The molecular formula is C11H22N2. The zero-order valence-electron chi connectivity index (χ0n) is 9.59. The van der Waals surface area contributed by atoms with Crippen molar-refractivity contribution < 1.29 is 0 Å². The van der Waals surface area contributed by atoms with Crippen molar-refractivity contribution in [1.29, 1.82) is 0 Å². The summed E-state index contributed by atoms with van der Waals surface area (Å²) in [5.41, 5.74) is 1.59. The van der Waals surface area contributed by atoms with Crippen molar-refractivity contribution in [3.63, 3.8) is 0 Å². The number of likely N-dealkylation sites (tertiary alicyclic amines) is 1. The van der Waals surface area contributed by atoms with Crippen LogP contribution in [-0.2, 0) is 0 Å². The molecule has 0 spiro atoms. The van der Waals surface area contributed by atoms with Crippen LogP contribution in [0.4, 0.5) is 0 Å². The van der Waals surface area contributed by atoms with E-state index in [-0.39, 0.29) is 0 Å². The van der Waals surface area contributed by atoms with Gasteiger partial charge in [-0.2, -0.15) is 0 Å². The molecule has 0 bridgehead atoms. The van der Waals surface area contributed by atoms with E-state index in [2.05, 4.69) is 51.2 Å². The molecule has 0 atom stereocenters. The summed E-state index contributed by atoms with van der Waals surface area (Å²) in [5.74, 6) is 0.675. The van der Waals surface area contributed by atoms with E-state index in [1.807, 2.05) is 0 Å². The molecule has 0 amide bonds. The highest BCUT2D eigenvalue weighted by atomic mass is 15.3. The van der Waals surface area contributed by atoms with Gasteiger partial charge in [0.25, 0.3) is 0 Å². The molecule has 0 N–H and O–H groups in total. The van der Waals surface area contributed by atoms with Crippen LogP contribution in [0.5, 0.6) is 0 Å². The van der Waals surface area contributed by atoms with Gasteiger partial charge in [0, 0.05) is 44.3 Å². The maximum Gasteiger partial charge on any atom is 0.0238 e. The lowest BCUT2D eigenvalue weighted by Crippen LogP contribution is -2.57. The van der Waals surface area contributed by atoms with Gasteiger partial charge < -0.3 is 4.90 Å². The molecule has 13 heavy (non-hydrogen) atoms. The van der Waals surface area contributed by atoms with Gasteiger partial charge in [0.15, 0.2) is 0 Å². The Hall–Kier alpha value is -0.500. The van der Waals surface area contributed by atoms with E-state index in [1.54, 1.807) is 0 Å². The second-order valence-electron chi connectivity index (χ2n) is 5.16. The van der Waals surface area contributed by atoms with Crippen molar-refractivity contribution >= 4 is 0 Å². The van der Waals surface area contributed by atoms with Gasteiger partial charge in [0.05, 0.1) is 0 Å². The quantitative estimate of drug-likeness (QED) is 0.642. The molecule has 2 nitrogen and oxygen atoms in total. The van der Waals surface area contributed by atoms with Crippen LogP contribution in [0.15, 0.2) is 12.3 Å². The molecule has 0 aromatic heterocycles. The van der Waals surface area contributed by atoms with Gasteiger partial charge in [0.1, 0.15) is 0 Å². The standard InChI is InChI=1S/C11H22N2/c1-9(12(5)6)10-7-13(8-10)11(2,3)4/h10H,1,7-8H2,2-6H3. The average Bonchev–Trinajstić information content (AvgIpc) is 1.79. The van der Waals surface area contributed by atoms with Crippen LogP contribution >= 0.6 is 0 Å². The number of hydrogen-bond donors (Lipinski definition) is 0. The van der Waals surface area contributed by atoms with Crippen molar-refractivity contribution in [2.24, 2.45) is 5.92 Å². The summed E-state index contributed by atoms with van der Waals surface area (Å²) < 4.78 is 0. The SMILES string of the molecule is C=C(C1CN(C(C)(C)C)C1)N(C)C. The average molecular weight is 182 g/mol. The molecule has 1 aliphatic heterocycles. The van der Waals surface area contributed by atoms with Gasteiger partial charge in [0.2, 0.25) is 0 Å². The Labute approximate surface area is 82.2 Å². The highest BCUT2D eigenvalue weighted by Crippen LogP contribution is 2.29. The van der Waals surface area contributed by atoms with E-state index in [9.17, 15) is 0 Å². The van der Waals surface area contributed by atoms with E-state index in [4.69, 9.17) is 0 Å². The minimum absolute atomic E-state index is 0.323. The van der Waals surface area contributed by atoms with E-state index in [1.165, 1.54) is 18.8 Å². The van der Waals surface area contributed by atoms with Crippen LogP contribution < -0.4 is 0 Å². The lowest BCUT2D eigenvalue weighted by molar-refractivity contribution is 0.0214. The molecule has 0 aliphatic carbocycles. The molecule has 1 aliphatic rings. The first-order valence-corrected chi connectivity index (χ1v) is 4.93. The molecule has 1 fully saturated rings. The zero-order valence-corrected chi connectivity index (χ0v) is 9.59. The summed E-state index contributed by atoms with van der Waals surface area (Å²) >= 11 is 0. The number of rotatable bonds is 2. The molecule has 1 heterocycles. The van der Waals surface area contributed by atoms with Crippen molar-refractivity contribution in [2.45, 2.75) is 26.3 Å². The number of nitrogens with zero attached hydrogens (tertiary/aromatic N) is 2. The fraction of sp³-hybridized carbons (Fsp3) is 0.818. The van der Waals surface area contributed by atoms with Crippen molar-refractivity contribution in [2.75, 3.05) is 27.2 Å². The van der Waals surface area contributed by atoms with Crippen LogP contribution in [0, 0.1) is 5.92 Å². The smallest absolute Gasteiger partial charge is 0.0238 e. The molecule has 0 aromatic rings. The Bertz CT molecular complexity index is 195. The van der Waals surface area contributed by atoms with Crippen LogP contribution in [0.25, 0.3) is 0 Å². The highest BCUT2D eigenvalue weighted by Gasteiger charge is 2.35. The Kier molecular flexibility index (Phi) is 2.71. The minimum atomic E-state index is 0.323. The van der Waals surface area contributed by atoms with Crippen LogP contribution in [0.3, 0.4) is 0 Å². The molecule has 1 saturated heterocycles. The van der Waals surface area contributed by atoms with Gasteiger partial charge in [-0.1, -0.05) is 6.58 Å². The largest absolute Gasteiger partial charge is 0.381 e. The van der Waals surface area contributed by atoms with Gasteiger partial charge in [-0.3, -0.25) is 4.90 Å². The Morgan fingerprint density at radius 2 is 1.77 bits per heavy atom. The molecule has 2 heteroatoms. The fourth-order valence-corrected chi connectivity index (χ4v) is 1.60. The molecule has 1 rings (SSSR count). The maximum absolute atomic E-state index is 4.09. The van der Waals surface area contributed by atoms with Crippen LogP contribution in [0.1, 0.15) is 20.8 Å². The molecule has 0 unspecified atom stereocenters. The molecule has 0 saturated carbocycles. The van der Waals surface area contributed by atoms with Gasteiger partial charge in [-0.25, -0.2) is 0 Å². The second kappa shape index (κ2) is 3.33. The lowest BCUT2D eigenvalue weighted by Gasteiger charge is -2.49. The summed E-state index contributed by atoms with van der Waals surface area (Å²) in [6, 6.07) is 0. The Morgan fingerprint density at radius 3 is 2.08 bits per heavy atom. The summed E-state index contributed by atoms with van der Waals surface area (Å²) in [6.45, 7) is 13.2. The van der Waals surface area contributed by atoms with Gasteiger partial charge in [-0.15, -0.1) is 0 Å². The summed E-state index contributed by atoms with van der Waals surface area (Å²) in [6.07, 6.45) is 0. The molecule has 0 aromatic carbocycles. The number of hydrogen-bond acceptors (Lipinski definition) is 2. The topological polar surface area (TPSA) is 6.48 Å². The van der Waals surface area contributed by atoms with E-state index in [0.29, 0.717) is 11.5 Å². The van der Waals surface area contributed by atoms with Crippen molar-refractivity contribution in [3.8, 4) is 0 Å². The van der Waals surface area contributed by atoms with E-state index < -0.39 is 0 Å². The normalized spacial score (nSPS) is 19.8. The van der Waals surface area contributed by atoms with Crippen molar-refractivity contribution in [1.82, 2.24) is 9.80 Å². The molecular weight excluding hydrogens is 160 g/mol. The third-order valence-corrected chi connectivity index (χ3v) is 2.88. The second-order valence-corrected chi connectivity index (χ2v) is 5.16. The Morgan fingerprint density at radius 1 is 1.31 bits per heavy atom. The molecule has 0 radical (unpaired) electrons. The van der Waals surface area contributed by atoms with Crippen molar-refractivity contribution in [3.05, 3.63) is 12.3 Å². The van der Waals surface area contributed by atoms with E-state index >= 15 is 0 Å². The third kappa shape index (κ3) is 2.25. The first-order valence-electron chi connectivity index (χ1n) is 4.93. The third-order valence-electron chi connectivity index (χ3n) is 2.88. The first-order chi connectivity index (χ1) is 5.82. The van der Waals surface area contributed by atoms with E-state index in [0.717, 1.165) is 0 Å². The first kappa shape index (κ1) is 10.6. The fourth-order valence-electron chi connectivity index (χ4n) is 1.60. The highest BCUT2D eigenvalue weighted by molar-refractivity contribution is 5.07. The van der Waals surface area contributed by atoms with Gasteiger partial charge in [-0.05, 0) is 20.8 Å². The summed E-state index contributed by atoms with van der Waals surface area (Å²) in [4.78, 5) is 4.62. The van der Waals surface area contributed by atoms with Gasteiger partial charge >= 0.3 is 0 Å². The maximum atomic E-state index is 4.09. The monoisotopic (exact) mass is 182 g/mol. The Balaban J connectivity index is 2.38.